The van der Waals surface area contributed by atoms with Crippen LogP contribution in [-0.2, 0) is 13.1 Å². The molecule has 0 atom stereocenters. The molecule has 0 aliphatic carbocycles. The monoisotopic (exact) mass is 332 g/mol. The van der Waals surface area contributed by atoms with Crippen molar-refractivity contribution in [1.82, 2.24) is 0 Å². The van der Waals surface area contributed by atoms with E-state index in [-0.39, 0.29) is 0 Å². The molecule has 0 saturated carbocycles. The summed E-state index contributed by atoms with van der Waals surface area (Å²) in [5.74, 6) is 2.85. The molecule has 102 valence electrons. The van der Waals surface area contributed by atoms with Gasteiger partial charge in [-0.1, -0.05) is 28.1 Å². The zero-order valence-electron chi connectivity index (χ0n) is 10.9. The van der Waals surface area contributed by atoms with Crippen molar-refractivity contribution in [3.05, 3.63) is 70.8 Å². The number of furan rings is 2. The highest BCUT2D eigenvalue weighted by atomic mass is 79.9. The highest BCUT2D eigenvalue weighted by Crippen LogP contribution is 2.23. The second-order valence-electron chi connectivity index (χ2n) is 4.55. The van der Waals surface area contributed by atoms with Crippen LogP contribution in [-0.4, -0.2) is 0 Å². The average molecular weight is 333 g/mol. The number of hydrogen-bond donors (Lipinski definition) is 1. The van der Waals surface area contributed by atoms with Crippen molar-refractivity contribution in [2.45, 2.75) is 13.1 Å². The summed E-state index contributed by atoms with van der Waals surface area (Å²) in [5, 5.41) is 2.16. The smallest absolute Gasteiger partial charge is 0.158 e. The standard InChI is InChI=1S/C16H14BrNO2/c17-13-5-3-12(4-6-13)16-8-7-15(20-16)11-18-10-14-2-1-9-19-14/h1-9,18H,10-11H2/p+1. The van der Waals surface area contributed by atoms with Crippen LogP contribution >= 0.6 is 15.9 Å². The molecule has 0 aliphatic heterocycles. The summed E-state index contributed by atoms with van der Waals surface area (Å²) in [6.45, 7) is 1.62. The lowest BCUT2D eigenvalue weighted by Gasteiger charge is -1.98. The van der Waals surface area contributed by atoms with Crippen LogP contribution in [0.2, 0.25) is 0 Å². The largest absolute Gasteiger partial charge is 0.463 e. The molecule has 4 heteroatoms. The van der Waals surface area contributed by atoms with Gasteiger partial charge in [-0.05, 0) is 36.4 Å². The summed E-state index contributed by atoms with van der Waals surface area (Å²) in [4.78, 5) is 0. The number of nitrogens with two attached hydrogens (primary N) is 1. The third kappa shape index (κ3) is 3.21. The zero-order chi connectivity index (χ0) is 13.8. The molecule has 20 heavy (non-hydrogen) atoms. The minimum atomic E-state index is 0.803. The Kier molecular flexibility index (Phi) is 4.04. The first-order valence-electron chi connectivity index (χ1n) is 6.50. The zero-order valence-corrected chi connectivity index (χ0v) is 12.5. The Morgan fingerprint density at radius 2 is 1.70 bits per heavy atom. The second-order valence-corrected chi connectivity index (χ2v) is 5.46. The Bertz CT molecular complexity index is 656. The number of benzene rings is 1. The Labute approximate surface area is 125 Å². The molecule has 3 rings (SSSR count). The van der Waals surface area contributed by atoms with E-state index < -0.39 is 0 Å². The van der Waals surface area contributed by atoms with Gasteiger partial charge in [-0.15, -0.1) is 0 Å². The number of hydrogen-bond acceptors (Lipinski definition) is 2. The maximum atomic E-state index is 5.85. The number of quaternary nitrogens is 1. The molecule has 1 aromatic carbocycles. The molecule has 2 N–H and O–H groups in total. The Balaban J connectivity index is 1.60. The highest BCUT2D eigenvalue weighted by molar-refractivity contribution is 9.10. The predicted molar refractivity (Wildman–Crippen MR) is 79.9 cm³/mol. The molecule has 0 aliphatic rings. The van der Waals surface area contributed by atoms with Crippen molar-refractivity contribution < 1.29 is 14.2 Å². The van der Waals surface area contributed by atoms with E-state index in [9.17, 15) is 0 Å². The van der Waals surface area contributed by atoms with Crippen LogP contribution in [0.3, 0.4) is 0 Å². The van der Waals surface area contributed by atoms with E-state index in [1.807, 2.05) is 48.5 Å². The van der Waals surface area contributed by atoms with Gasteiger partial charge >= 0.3 is 0 Å². The van der Waals surface area contributed by atoms with Gasteiger partial charge in [-0.2, -0.15) is 0 Å². The van der Waals surface area contributed by atoms with Gasteiger partial charge in [-0.25, -0.2) is 0 Å². The maximum Gasteiger partial charge on any atom is 0.158 e. The number of halogens is 1. The lowest BCUT2D eigenvalue weighted by molar-refractivity contribution is -0.689. The van der Waals surface area contributed by atoms with Crippen LogP contribution < -0.4 is 5.32 Å². The van der Waals surface area contributed by atoms with Gasteiger partial charge in [0.05, 0.1) is 6.26 Å². The fraction of sp³-hybridized carbons (Fsp3) is 0.125. The molecule has 2 aromatic heterocycles. The van der Waals surface area contributed by atoms with Gasteiger partial charge in [-0.3, -0.25) is 0 Å². The van der Waals surface area contributed by atoms with Gasteiger partial charge in [0, 0.05) is 10.0 Å². The Morgan fingerprint density at radius 1 is 0.900 bits per heavy atom. The van der Waals surface area contributed by atoms with Crippen molar-refractivity contribution in [2.24, 2.45) is 0 Å². The average Bonchev–Trinajstić information content (AvgIpc) is 3.11. The molecule has 0 unspecified atom stereocenters. The molecule has 0 saturated heterocycles. The Hall–Kier alpha value is -1.78. The molecule has 0 spiro atoms. The summed E-state index contributed by atoms with van der Waals surface area (Å²) in [7, 11) is 0. The van der Waals surface area contributed by atoms with E-state index in [2.05, 4.69) is 21.2 Å². The van der Waals surface area contributed by atoms with Crippen LogP contribution in [0.5, 0.6) is 0 Å². The summed E-state index contributed by atoms with van der Waals surface area (Å²) < 4.78 is 12.2. The van der Waals surface area contributed by atoms with Gasteiger partial charge in [0.2, 0.25) is 0 Å². The van der Waals surface area contributed by atoms with Gasteiger partial charge in [0.25, 0.3) is 0 Å². The van der Waals surface area contributed by atoms with E-state index >= 15 is 0 Å². The van der Waals surface area contributed by atoms with E-state index in [1.165, 1.54) is 0 Å². The van der Waals surface area contributed by atoms with Gasteiger partial charge in [0.1, 0.15) is 18.8 Å². The third-order valence-corrected chi connectivity index (χ3v) is 3.59. The normalized spacial score (nSPS) is 10.8. The SMILES string of the molecule is Brc1ccc(-c2ccc(C[NH2+]Cc3ccco3)o2)cc1. The van der Waals surface area contributed by atoms with Gasteiger partial charge < -0.3 is 14.2 Å². The first-order valence-corrected chi connectivity index (χ1v) is 7.29. The van der Waals surface area contributed by atoms with E-state index in [0.29, 0.717) is 0 Å². The maximum absolute atomic E-state index is 5.85. The molecule has 0 radical (unpaired) electrons. The molecule has 0 fully saturated rings. The second kappa shape index (κ2) is 6.11. The summed E-state index contributed by atoms with van der Waals surface area (Å²) in [5.41, 5.74) is 1.09. The topological polar surface area (TPSA) is 42.9 Å². The summed E-state index contributed by atoms with van der Waals surface area (Å²) >= 11 is 3.43. The number of rotatable bonds is 5. The lowest BCUT2D eigenvalue weighted by atomic mass is 10.2. The minimum absolute atomic E-state index is 0.803. The van der Waals surface area contributed by atoms with Crippen LogP contribution in [0, 0.1) is 0 Å². The van der Waals surface area contributed by atoms with Crippen molar-refractivity contribution in [2.75, 3.05) is 0 Å². The van der Waals surface area contributed by atoms with Gasteiger partial charge in [0.15, 0.2) is 11.5 Å². The van der Waals surface area contributed by atoms with Crippen molar-refractivity contribution >= 4 is 15.9 Å². The molecular weight excluding hydrogens is 318 g/mol. The van der Waals surface area contributed by atoms with Crippen LogP contribution in [0.25, 0.3) is 11.3 Å². The van der Waals surface area contributed by atoms with Crippen molar-refractivity contribution in [3.63, 3.8) is 0 Å². The highest BCUT2D eigenvalue weighted by Gasteiger charge is 2.06. The predicted octanol–water partition coefficient (Wildman–Crippen LogP) is 3.57. The molecule has 0 amide bonds. The van der Waals surface area contributed by atoms with Crippen LogP contribution in [0.1, 0.15) is 11.5 Å². The summed E-state index contributed by atoms with van der Waals surface area (Å²) in [6.07, 6.45) is 1.70. The van der Waals surface area contributed by atoms with Crippen molar-refractivity contribution in [1.29, 1.82) is 0 Å². The Morgan fingerprint density at radius 3 is 2.45 bits per heavy atom. The molecule has 3 nitrogen and oxygen atoms in total. The fourth-order valence-corrected chi connectivity index (χ4v) is 2.31. The van der Waals surface area contributed by atoms with E-state index in [0.717, 1.165) is 40.4 Å². The quantitative estimate of drug-likeness (QED) is 0.776. The molecule has 3 aromatic rings. The first kappa shape index (κ1) is 13.2. The summed E-state index contributed by atoms with van der Waals surface area (Å²) in [6, 6.07) is 16.0. The van der Waals surface area contributed by atoms with Crippen molar-refractivity contribution in [3.8, 4) is 11.3 Å². The fourth-order valence-electron chi connectivity index (χ4n) is 2.04. The molecule has 0 bridgehead atoms. The lowest BCUT2D eigenvalue weighted by Crippen LogP contribution is -2.80. The van der Waals surface area contributed by atoms with Crippen LogP contribution in [0.4, 0.5) is 0 Å². The van der Waals surface area contributed by atoms with E-state index in [4.69, 9.17) is 8.83 Å². The molecular formula is C16H15BrNO2+. The van der Waals surface area contributed by atoms with Crippen LogP contribution in [0.15, 0.2) is 68.1 Å². The molecule has 2 heterocycles. The minimum Gasteiger partial charge on any atom is -0.463 e. The third-order valence-electron chi connectivity index (χ3n) is 3.06. The van der Waals surface area contributed by atoms with E-state index in [1.54, 1.807) is 6.26 Å². The first-order chi connectivity index (χ1) is 9.81.